The maximum atomic E-state index is 12.4. The summed E-state index contributed by atoms with van der Waals surface area (Å²) < 4.78 is 0. The van der Waals surface area contributed by atoms with E-state index in [4.69, 9.17) is 0 Å². The van der Waals surface area contributed by atoms with Crippen molar-refractivity contribution in [3.05, 3.63) is 18.5 Å². The number of likely N-dealkylation sites (tertiary alicyclic amines) is 1. The van der Waals surface area contributed by atoms with Crippen LogP contribution in [-0.4, -0.2) is 70.9 Å². The molecule has 2 aliphatic rings. The van der Waals surface area contributed by atoms with Crippen molar-refractivity contribution < 1.29 is 9.59 Å². The van der Waals surface area contributed by atoms with Gasteiger partial charge in [0.1, 0.15) is 0 Å². The van der Waals surface area contributed by atoms with Crippen LogP contribution in [0, 0.1) is 5.41 Å². The summed E-state index contributed by atoms with van der Waals surface area (Å²) in [4.78, 5) is 39.7. The van der Waals surface area contributed by atoms with Crippen molar-refractivity contribution in [3.8, 4) is 0 Å². The Balaban J connectivity index is 1.35. The van der Waals surface area contributed by atoms with Gasteiger partial charge in [0.15, 0.2) is 0 Å². The van der Waals surface area contributed by atoms with Crippen LogP contribution in [-0.2, 0) is 9.59 Å². The van der Waals surface area contributed by atoms with Gasteiger partial charge in [0, 0.05) is 58.0 Å². The van der Waals surface area contributed by atoms with Crippen LogP contribution in [0.5, 0.6) is 0 Å². The second-order valence-electron chi connectivity index (χ2n) is 8.44. The van der Waals surface area contributed by atoms with E-state index in [2.05, 4.69) is 33.6 Å². The highest BCUT2D eigenvalue weighted by atomic mass is 16.2. The number of piperidine rings is 1. The summed E-state index contributed by atoms with van der Waals surface area (Å²) in [5.41, 5.74) is -0.137. The van der Waals surface area contributed by atoms with Gasteiger partial charge in [-0.1, -0.05) is 20.3 Å². The lowest BCUT2D eigenvalue weighted by Gasteiger charge is -2.37. The average Bonchev–Trinajstić information content (AvgIpc) is 2.68. The van der Waals surface area contributed by atoms with Crippen molar-refractivity contribution in [1.29, 1.82) is 0 Å². The Kier molecular flexibility index (Phi) is 6.99. The van der Waals surface area contributed by atoms with E-state index in [9.17, 15) is 9.59 Å². The standard InChI is InChI=1S/C21H33N5O2/c1-3-7-21(2)16-18(27)26(19(28)17-21)11-5-4-10-24-12-14-25(15-13-24)20-22-8-6-9-23-20/h6,8-9H,3-5,7,10-17H2,1-2H3. The Hall–Kier alpha value is -2.02. The maximum absolute atomic E-state index is 12.4. The largest absolute Gasteiger partial charge is 0.338 e. The normalized spacial score (nSPS) is 20.6. The minimum absolute atomic E-state index is 0.0173. The molecule has 0 bridgehead atoms. The lowest BCUT2D eigenvalue weighted by atomic mass is 9.76. The number of rotatable bonds is 8. The third kappa shape index (κ3) is 5.28. The molecule has 3 rings (SSSR count). The number of piperazine rings is 1. The van der Waals surface area contributed by atoms with Gasteiger partial charge in [-0.15, -0.1) is 0 Å². The number of aromatic nitrogens is 2. The van der Waals surface area contributed by atoms with E-state index in [1.807, 2.05) is 6.07 Å². The van der Waals surface area contributed by atoms with Gasteiger partial charge in [0.2, 0.25) is 17.8 Å². The minimum atomic E-state index is -0.137. The number of imide groups is 1. The summed E-state index contributed by atoms with van der Waals surface area (Å²) in [6.07, 6.45) is 8.42. The topological polar surface area (TPSA) is 69.6 Å². The molecule has 0 radical (unpaired) electrons. The second-order valence-corrected chi connectivity index (χ2v) is 8.44. The molecule has 7 heteroatoms. The summed E-state index contributed by atoms with van der Waals surface area (Å²) in [5.74, 6) is 0.840. The van der Waals surface area contributed by atoms with E-state index in [0.717, 1.165) is 64.4 Å². The first-order chi connectivity index (χ1) is 13.5. The van der Waals surface area contributed by atoms with Crippen LogP contribution in [0.2, 0.25) is 0 Å². The first-order valence-electron chi connectivity index (χ1n) is 10.6. The third-order valence-corrected chi connectivity index (χ3v) is 5.93. The molecule has 0 saturated carbocycles. The summed E-state index contributed by atoms with van der Waals surface area (Å²) in [7, 11) is 0. The Labute approximate surface area is 168 Å². The van der Waals surface area contributed by atoms with Crippen molar-refractivity contribution in [2.24, 2.45) is 5.41 Å². The Morgan fingerprint density at radius 2 is 1.57 bits per heavy atom. The molecule has 0 atom stereocenters. The molecule has 7 nitrogen and oxygen atoms in total. The van der Waals surface area contributed by atoms with Crippen molar-refractivity contribution in [2.45, 2.75) is 52.4 Å². The van der Waals surface area contributed by atoms with Crippen molar-refractivity contribution in [1.82, 2.24) is 19.8 Å². The number of nitrogens with zero attached hydrogens (tertiary/aromatic N) is 5. The van der Waals surface area contributed by atoms with E-state index < -0.39 is 0 Å². The molecule has 154 valence electrons. The van der Waals surface area contributed by atoms with Gasteiger partial charge in [-0.25, -0.2) is 9.97 Å². The van der Waals surface area contributed by atoms with E-state index in [0.29, 0.717) is 19.4 Å². The third-order valence-electron chi connectivity index (χ3n) is 5.93. The van der Waals surface area contributed by atoms with E-state index >= 15 is 0 Å². The molecule has 0 aromatic carbocycles. The molecule has 28 heavy (non-hydrogen) atoms. The first kappa shape index (κ1) is 20.7. The molecule has 0 N–H and O–H groups in total. The second kappa shape index (κ2) is 9.45. The van der Waals surface area contributed by atoms with Gasteiger partial charge in [0.05, 0.1) is 0 Å². The van der Waals surface area contributed by atoms with Crippen LogP contribution in [0.15, 0.2) is 18.5 Å². The van der Waals surface area contributed by atoms with Crippen molar-refractivity contribution >= 4 is 17.8 Å². The molecular weight excluding hydrogens is 354 g/mol. The van der Waals surface area contributed by atoms with E-state index in [1.165, 1.54) is 4.90 Å². The van der Waals surface area contributed by atoms with Crippen LogP contribution in [0.3, 0.4) is 0 Å². The van der Waals surface area contributed by atoms with Gasteiger partial charge >= 0.3 is 0 Å². The Morgan fingerprint density at radius 3 is 2.18 bits per heavy atom. The van der Waals surface area contributed by atoms with Gasteiger partial charge in [-0.05, 0) is 37.3 Å². The fraction of sp³-hybridized carbons (Fsp3) is 0.714. The molecule has 2 saturated heterocycles. The molecule has 2 fully saturated rings. The average molecular weight is 388 g/mol. The van der Waals surface area contributed by atoms with Crippen LogP contribution >= 0.6 is 0 Å². The van der Waals surface area contributed by atoms with E-state index in [-0.39, 0.29) is 17.2 Å². The number of unbranched alkanes of at least 4 members (excludes halogenated alkanes) is 1. The highest BCUT2D eigenvalue weighted by Gasteiger charge is 2.39. The highest BCUT2D eigenvalue weighted by molar-refractivity contribution is 5.98. The molecule has 1 aromatic heterocycles. The van der Waals surface area contributed by atoms with Gasteiger partial charge < -0.3 is 4.90 Å². The number of hydrogen-bond acceptors (Lipinski definition) is 6. The van der Waals surface area contributed by atoms with E-state index in [1.54, 1.807) is 12.4 Å². The summed E-state index contributed by atoms with van der Waals surface area (Å²) in [6, 6.07) is 1.84. The van der Waals surface area contributed by atoms with Gasteiger partial charge in [-0.2, -0.15) is 0 Å². The zero-order valence-corrected chi connectivity index (χ0v) is 17.3. The molecule has 0 aliphatic carbocycles. The zero-order valence-electron chi connectivity index (χ0n) is 17.3. The van der Waals surface area contributed by atoms with Gasteiger partial charge in [0.25, 0.3) is 0 Å². The molecule has 3 heterocycles. The zero-order chi connectivity index (χ0) is 20.0. The molecule has 2 aliphatic heterocycles. The number of carbonyl (C=O) groups excluding carboxylic acids is 2. The van der Waals surface area contributed by atoms with Crippen LogP contribution in [0.1, 0.15) is 52.4 Å². The van der Waals surface area contributed by atoms with Crippen LogP contribution < -0.4 is 4.90 Å². The quantitative estimate of drug-likeness (QED) is 0.504. The minimum Gasteiger partial charge on any atom is -0.338 e. The Morgan fingerprint density at radius 1 is 0.964 bits per heavy atom. The number of amides is 2. The predicted molar refractivity (Wildman–Crippen MR) is 109 cm³/mol. The van der Waals surface area contributed by atoms with Crippen LogP contribution in [0.4, 0.5) is 5.95 Å². The monoisotopic (exact) mass is 387 g/mol. The number of carbonyl (C=O) groups is 2. The predicted octanol–water partition coefficient (Wildman–Crippen LogP) is 2.33. The highest BCUT2D eigenvalue weighted by Crippen LogP contribution is 2.36. The number of anilines is 1. The molecular formula is C21H33N5O2. The molecule has 1 aromatic rings. The lowest BCUT2D eigenvalue weighted by molar-refractivity contribution is -0.153. The fourth-order valence-corrected chi connectivity index (χ4v) is 4.38. The first-order valence-corrected chi connectivity index (χ1v) is 10.6. The summed E-state index contributed by atoms with van der Waals surface area (Å²) >= 11 is 0. The fourth-order valence-electron chi connectivity index (χ4n) is 4.38. The maximum Gasteiger partial charge on any atom is 0.229 e. The van der Waals surface area contributed by atoms with Crippen molar-refractivity contribution in [2.75, 3.05) is 44.2 Å². The summed E-state index contributed by atoms with van der Waals surface area (Å²) in [5, 5.41) is 0. The lowest BCUT2D eigenvalue weighted by Crippen LogP contribution is -2.48. The Bertz CT molecular complexity index is 640. The molecule has 0 spiro atoms. The van der Waals surface area contributed by atoms with Crippen molar-refractivity contribution in [3.63, 3.8) is 0 Å². The smallest absolute Gasteiger partial charge is 0.229 e. The molecule has 0 unspecified atom stereocenters. The number of hydrogen-bond donors (Lipinski definition) is 0. The van der Waals surface area contributed by atoms with Gasteiger partial charge in [-0.3, -0.25) is 19.4 Å². The SMILES string of the molecule is CCCC1(C)CC(=O)N(CCCCN2CCN(c3ncccn3)CC2)C(=O)C1. The summed E-state index contributed by atoms with van der Waals surface area (Å²) in [6.45, 7) is 9.62. The molecule has 2 amide bonds. The van der Waals surface area contributed by atoms with Crippen LogP contribution in [0.25, 0.3) is 0 Å².